The zero-order chi connectivity index (χ0) is 21.9. The van der Waals surface area contributed by atoms with Crippen LogP contribution in [0.5, 0.6) is 0 Å². The second-order valence-corrected chi connectivity index (χ2v) is 7.97. The fourth-order valence-electron chi connectivity index (χ4n) is 3.90. The number of carboxylic acids is 1. The predicted molar refractivity (Wildman–Crippen MR) is 111 cm³/mol. The summed E-state index contributed by atoms with van der Waals surface area (Å²) in [5.74, 6) is -2.09. The summed E-state index contributed by atoms with van der Waals surface area (Å²) in [5, 5.41) is 14.3. The second-order valence-electron chi connectivity index (χ2n) is 7.56. The van der Waals surface area contributed by atoms with Crippen LogP contribution in [0.2, 0.25) is 5.02 Å². The SMILES string of the molecule is CCc1cc(N2CCN(C(=O)CCC3(CC(=O)O)NC(=O)NC3=O)CC2)ccc1Cl. The molecule has 0 aromatic heterocycles. The number of piperazine rings is 1. The van der Waals surface area contributed by atoms with E-state index in [-0.39, 0.29) is 18.7 Å². The van der Waals surface area contributed by atoms with Gasteiger partial charge in [0.15, 0.2) is 0 Å². The Bertz CT molecular complexity index is 869. The number of benzene rings is 1. The maximum Gasteiger partial charge on any atom is 0.322 e. The van der Waals surface area contributed by atoms with E-state index in [9.17, 15) is 19.2 Å². The number of aryl methyl sites for hydroxylation is 1. The molecule has 9 nitrogen and oxygen atoms in total. The smallest absolute Gasteiger partial charge is 0.322 e. The molecule has 0 radical (unpaired) electrons. The fraction of sp³-hybridized carbons (Fsp3) is 0.500. The fourth-order valence-corrected chi connectivity index (χ4v) is 4.15. The number of anilines is 1. The van der Waals surface area contributed by atoms with Crippen LogP contribution in [-0.4, -0.2) is 65.5 Å². The van der Waals surface area contributed by atoms with Crippen molar-refractivity contribution in [3.63, 3.8) is 0 Å². The maximum absolute atomic E-state index is 12.7. The van der Waals surface area contributed by atoms with Crippen LogP contribution >= 0.6 is 11.6 Å². The summed E-state index contributed by atoms with van der Waals surface area (Å²) >= 11 is 6.19. The zero-order valence-electron chi connectivity index (χ0n) is 16.7. The van der Waals surface area contributed by atoms with Crippen molar-refractivity contribution in [2.45, 2.75) is 38.1 Å². The summed E-state index contributed by atoms with van der Waals surface area (Å²) in [4.78, 5) is 51.3. The van der Waals surface area contributed by atoms with E-state index in [0.29, 0.717) is 26.2 Å². The Labute approximate surface area is 179 Å². The first kappa shape index (κ1) is 21.9. The van der Waals surface area contributed by atoms with Gasteiger partial charge in [0.1, 0.15) is 5.54 Å². The van der Waals surface area contributed by atoms with Crippen LogP contribution < -0.4 is 15.5 Å². The van der Waals surface area contributed by atoms with Crippen molar-refractivity contribution >= 4 is 41.1 Å². The molecule has 0 saturated carbocycles. The molecule has 30 heavy (non-hydrogen) atoms. The van der Waals surface area contributed by atoms with E-state index >= 15 is 0 Å². The Hall–Kier alpha value is -2.81. The van der Waals surface area contributed by atoms with Gasteiger partial charge in [-0.1, -0.05) is 18.5 Å². The van der Waals surface area contributed by atoms with Crippen LogP contribution in [0.25, 0.3) is 0 Å². The molecule has 0 bridgehead atoms. The lowest BCUT2D eigenvalue weighted by molar-refractivity contribution is -0.142. The quantitative estimate of drug-likeness (QED) is 0.555. The number of urea groups is 1. The van der Waals surface area contributed by atoms with E-state index in [1.54, 1.807) is 4.90 Å². The van der Waals surface area contributed by atoms with Gasteiger partial charge in [-0.25, -0.2) is 4.79 Å². The van der Waals surface area contributed by atoms with Crippen molar-refractivity contribution in [2.24, 2.45) is 0 Å². The molecule has 2 aliphatic rings. The molecule has 3 rings (SSSR count). The number of rotatable bonds is 7. The highest BCUT2D eigenvalue weighted by atomic mass is 35.5. The van der Waals surface area contributed by atoms with Gasteiger partial charge in [-0.3, -0.25) is 19.7 Å². The predicted octanol–water partition coefficient (Wildman–Crippen LogP) is 1.38. The Balaban J connectivity index is 1.57. The van der Waals surface area contributed by atoms with Crippen molar-refractivity contribution in [2.75, 3.05) is 31.1 Å². The number of halogens is 1. The minimum atomic E-state index is -1.58. The van der Waals surface area contributed by atoms with Gasteiger partial charge in [-0.2, -0.15) is 0 Å². The summed E-state index contributed by atoms with van der Waals surface area (Å²) in [6.45, 7) is 4.41. The molecule has 0 spiro atoms. The number of aliphatic carboxylic acids is 1. The van der Waals surface area contributed by atoms with E-state index in [1.165, 1.54) is 0 Å². The third-order valence-corrected chi connectivity index (χ3v) is 6.01. The van der Waals surface area contributed by atoms with Crippen LogP contribution in [0.4, 0.5) is 10.5 Å². The summed E-state index contributed by atoms with van der Waals surface area (Å²) in [7, 11) is 0. The molecular weight excluding hydrogens is 412 g/mol. The Kier molecular flexibility index (Phi) is 6.50. The molecule has 0 aliphatic carbocycles. The van der Waals surface area contributed by atoms with Gasteiger partial charge in [0.25, 0.3) is 5.91 Å². The number of nitrogens with one attached hydrogen (secondary N) is 2. The highest BCUT2D eigenvalue weighted by Gasteiger charge is 2.47. The van der Waals surface area contributed by atoms with E-state index in [0.717, 1.165) is 22.7 Å². The van der Waals surface area contributed by atoms with Crippen molar-refractivity contribution in [3.8, 4) is 0 Å². The van der Waals surface area contributed by atoms with E-state index in [4.69, 9.17) is 16.7 Å². The average molecular weight is 437 g/mol. The van der Waals surface area contributed by atoms with Gasteiger partial charge in [-0.15, -0.1) is 0 Å². The van der Waals surface area contributed by atoms with Gasteiger partial charge in [0, 0.05) is 43.3 Å². The average Bonchev–Trinajstić information content (AvgIpc) is 2.99. The standard InChI is InChI=1S/C20H25ClN4O5/c1-2-13-11-14(3-4-15(13)21)24-7-9-25(10-8-24)16(26)5-6-20(12-17(27)28)18(29)22-19(30)23-20/h3-4,11H,2,5-10,12H2,1H3,(H,27,28)(H2,22,23,29,30). The molecule has 2 aliphatic heterocycles. The van der Waals surface area contributed by atoms with Gasteiger partial charge in [0.05, 0.1) is 6.42 Å². The highest BCUT2D eigenvalue weighted by molar-refractivity contribution is 6.31. The number of carboxylic acid groups (broad SMARTS) is 1. The van der Waals surface area contributed by atoms with Gasteiger partial charge < -0.3 is 20.2 Å². The van der Waals surface area contributed by atoms with Crippen LogP contribution in [0.15, 0.2) is 18.2 Å². The first-order valence-electron chi connectivity index (χ1n) is 9.90. The minimum Gasteiger partial charge on any atom is -0.481 e. The van der Waals surface area contributed by atoms with Crippen LogP contribution in [0, 0.1) is 0 Å². The van der Waals surface area contributed by atoms with Gasteiger partial charge in [0.2, 0.25) is 5.91 Å². The second kappa shape index (κ2) is 8.91. The minimum absolute atomic E-state index is 0.0259. The van der Waals surface area contributed by atoms with Crippen LogP contribution in [0.1, 0.15) is 31.7 Å². The van der Waals surface area contributed by atoms with Crippen LogP contribution in [-0.2, 0) is 20.8 Å². The lowest BCUT2D eigenvalue weighted by Crippen LogP contribution is -2.51. The highest BCUT2D eigenvalue weighted by Crippen LogP contribution is 2.26. The van der Waals surface area contributed by atoms with E-state index in [1.807, 2.05) is 19.1 Å². The largest absolute Gasteiger partial charge is 0.481 e. The third kappa shape index (κ3) is 4.67. The molecule has 162 valence electrons. The first-order chi connectivity index (χ1) is 14.2. The molecule has 2 saturated heterocycles. The van der Waals surface area contributed by atoms with Gasteiger partial charge >= 0.3 is 12.0 Å². The number of nitrogens with zero attached hydrogens (tertiary/aromatic N) is 2. The molecule has 1 atom stereocenters. The number of hydrogen-bond acceptors (Lipinski definition) is 5. The van der Waals surface area contributed by atoms with Crippen LogP contribution in [0.3, 0.4) is 0 Å². The number of amides is 4. The first-order valence-corrected chi connectivity index (χ1v) is 10.3. The van der Waals surface area contributed by atoms with Crippen molar-refractivity contribution in [3.05, 3.63) is 28.8 Å². The number of hydrogen-bond donors (Lipinski definition) is 3. The van der Waals surface area contributed by atoms with Crippen molar-refractivity contribution < 1.29 is 24.3 Å². The summed E-state index contributed by atoms with van der Waals surface area (Å²) in [6.07, 6.45) is 0.185. The molecule has 1 aromatic carbocycles. The molecule has 1 unspecified atom stereocenters. The Morgan fingerprint density at radius 1 is 1.20 bits per heavy atom. The summed E-state index contributed by atoms with van der Waals surface area (Å²) in [5.41, 5.74) is 0.558. The Morgan fingerprint density at radius 2 is 1.90 bits per heavy atom. The van der Waals surface area contributed by atoms with Crippen molar-refractivity contribution in [1.29, 1.82) is 0 Å². The lowest BCUT2D eigenvalue weighted by Gasteiger charge is -2.37. The summed E-state index contributed by atoms with van der Waals surface area (Å²) in [6, 6.07) is 5.18. The molecule has 2 heterocycles. The topological polar surface area (TPSA) is 119 Å². The van der Waals surface area contributed by atoms with Gasteiger partial charge in [-0.05, 0) is 36.6 Å². The number of carbonyl (C=O) groups excluding carboxylic acids is 3. The van der Waals surface area contributed by atoms with Crippen molar-refractivity contribution in [1.82, 2.24) is 15.5 Å². The number of imide groups is 1. The Morgan fingerprint density at radius 3 is 2.47 bits per heavy atom. The molecule has 4 amide bonds. The number of carbonyl (C=O) groups is 4. The molecule has 1 aromatic rings. The molecule has 10 heteroatoms. The van der Waals surface area contributed by atoms with E-state index < -0.39 is 29.9 Å². The molecular formula is C20H25ClN4O5. The molecule has 3 N–H and O–H groups in total. The monoisotopic (exact) mass is 436 g/mol. The van der Waals surface area contributed by atoms with E-state index in [2.05, 4.69) is 21.6 Å². The molecule has 2 fully saturated rings. The maximum atomic E-state index is 12.7. The zero-order valence-corrected chi connectivity index (χ0v) is 17.5. The lowest BCUT2D eigenvalue weighted by atomic mass is 9.89. The third-order valence-electron chi connectivity index (χ3n) is 5.64. The summed E-state index contributed by atoms with van der Waals surface area (Å²) < 4.78 is 0. The normalized spacial score (nSPS) is 21.4.